The summed E-state index contributed by atoms with van der Waals surface area (Å²) < 4.78 is 5.69. The molecule has 28 heavy (non-hydrogen) atoms. The maximum Gasteiger partial charge on any atom is 0.268 e. The highest BCUT2D eigenvalue weighted by Gasteiger charge is 2.26. The third-order valence-corrected chi connectivity index (χ3v) is 4.62. The van der Waals surface area contributed by atoms with Crippen LogP contribution >= 0.6 is 0 Å². The highest BCUT2D eigenvalue weighted by Crippen LogP contribution is 2.15. The van der Waals surface area contributed by atoms with Crippen LogP contribution in [0.3, 0.4) is 0 Å². The van der Waals surface area contributed by atoms with Gasteiger partial charge in [0.15, 0.2) is 0 Å². The Morgan fingerprint density at radius 3 is 2.86 bits per heavy atom. The number of carbonyl (C=O) groups is 2. The van der Waals surface area contributed by atoms with Gasteiger partial charge in [-0.1, -0.05) is 54.6 Å². The third-order valence-electron chi connectivity index (χ3n) is 4.62. The zero-order valence-corrected chi connectivity index (χ0v) is 16.1. The van der Waals surface area contributed by atoms with E-state index in [-0.39, 0.29) is 11.8 Å². The first-order chi connectivity index (χ1) is 13.6. The number of rotatable bonds is 2. The molecule has 6 nitrogen and oxygen atoms in total. The largest absolute Gasteiger partial charge is 0.373 e. The zero-order chi connectivity index (χ0) is 19.9. The number of hydrogen-bond acceptors (Lipinski definition) is 4. The molecule has 0 spiro atoms. The summed E-state index contributed by atoms with van der Waals surface area (Å²) in [6.07, 6.45) is 4.28. The Morgan fingerprint density at radius 1 is 1.21 bits per heavy atom. The minimum atomic E-state index is -0.756. The molecule has 146 valence electrons. The van der Waals surface area contributed by atoms with E-state index in [9.17, 15) is 9.59 Å². The Balaban J connectivity index is 1.98. The molecule has 2 amide bonds. The van der Waals surface area contributed by atoms with Crippen LogP contribution in [-0.4, -0.2) is 43.7 Å². The van der Waals surface area contributed by atoms with Crippen molar-refractivity contribution in [2.75, 3.05) is 20.8 Å². The van der Waals surface area contributed by atoms with Crippen LogP contribution in [0.1, 0.15) is 27.0 Å². The normalized spacial score (nSPS) is 17.2. The predicted molar refractivity (Wildman–Crippen MR) is 106 cm³/mol. The standard InChI is InChI=1S/C22H24N2O4/c1-24(27-2)22(26)20-14-17-8-5-7-16(13-17)9-6-12-28-15-18-10-3-4-11-19(18)21(25)23-20/h3-11,13,20H,12,14-15H2,1-2H3,(H,23,25)/t20-/m0/s1. The van der Waals surface area contributed by atoms with Crippen molar-refractivity contribution in [3.63, 3.8) is 0 Å². The monoisotopic (exact) mass is 380 g/mol. The predicted octanol–water partition coefficient (Wildman–Crippen LogP) is 2.59. The molecule has 0 fully saturated rings. The molecular weight excluding hydrogens is 356 g/mol. The Kier molecular flexibility index (Phi) is 6.57. The number of nitrogens with zero attached hydrogens (tertiary/aromatic N) is 1. The van der Waals surface area contributed by atoms with Crippen molar-refractivity contribution in [2.24, 2.45) is 0 Å². The molecule has 2 bridgehead atoms. The van der Waals surface area contributed by atoms with E-state index in [0.29, 0.717) is 25.2 Å². The average Bonchev–Trinajstić information content (AvgIpc) is 2.72. The van der Waals surface area contributed by atoms with Gasteiger partial charge in [0.1, 0.15) is 6.04 Å². The van der Waals surface area contributed by atoms with E-state index in [2.05, 4.69) is 5.32 Å². The van der Waals surface area contributed by atoms with Gasteiger partial charge in [-0.05, 0) is 22.8 Å². The Morgan fingerprint density at radius 2 is 2.04 bits per heavy atom. The van der Waals surface area contributed by atoms with Gasteiger partial charge in [0.2, 0.25) is 0 Å². The number of nitrogens with one attached hydrogen (secondary N) is 1. The van der Waals surface area contributed by atoms with Crippen LogP contribution in [0, 0.1) is 0 Å². The first kappa shape index (κ1) is 19.8. The molecule has 0 unspecified atom stereocenters. The van der Waals surface area contributed by atoms with Crippen LogP contribution in [0.25, 0.3) is 6.08 Å². The van der Waals surface area contributed by atoms with Gasteiger partial charge in [-0.25, -0.2) is 5.06 Å². The number of ether oxygens (including phenoxy) is 1. The van der Waals surface area contributed by atoms with Gasteiger partial charge in [-0.3, -0.25) is 14.4 Å². The van der Waals surface area contributed by atoms with Gasteiger partial charge >= 0.3 is 0 Å². The van der Waals surface area contributed by atoms with E-state index in [4.69, 9.17) is 9.57 Å². The lowest BCUT2D eigenvalue weighted by molar-refractivity contribution is -0.170. The molecule has 2 aromatic rings. The highest BCUT2D eigenvalue weighted by molar-refractivity contribution is 5.98. The van der Waals surface area contributed by atoms with E-state index in [1.54, 1.807) is 12.1 Å². The summed E-state index contributed by atoms with van der Waals surface area (Å²) in [4.78, 5) is 30.7. The third kappa shape index (κ3) is 4.85. The van der Waals surface area contributed by atoms with Crippen molar-refractivity contribution in [2.45, 2.75) is 19.1 Å². The lowest BCUT2D eigenvalue weighted by atomic mass is 10.0. The minimum absolute atomic E-state index is 0.310. The van der Waals surface area contributed by atoms with E-state index in [1.165, 1.54) is 14.2 Å². The SMILES string of the molecule is CON(C)C(=O)[C@@H]1Cc2cccc(c2)C=CCOCc2ccccc2C(=O)N1. The maximum absolute atomic E-state index is 12.9. The summed E-state index contributed by atoms with van der Waals surface area (Å²) in [5.41, 5.74) is 3.22. The lowest BCUT2D eigenvalue weighted by Crippen LogP contribution is -2.48. The quantitative estimate of drug-likeness (QED) is 0.814. The fourth-order valence-corrected chi connectivity index (χ4v) is 3.09. The van der Waals surface area contributed by atoms with Crippen LogP contribution in [0.4, 0.5) is 0 Å². The van der Waals surface area contributed by atoms with Gasteiger partial charge in [0, 0.05) is 19.0 Å². The molecule has 0 saturated carbocycles. The highest BCUT2D eigenvalue weighted by atomic mass is 16.7. The Hall–Kier alpha value is -2.96. The van der Waals surface area contributed by atoms with Crippen molar-refractivity contribution in [3.8, 4) is 0 Å². The summed E-state index contributed by atoms with van der Waals surface area (Å²) in [5, 5.41) is 4.00. The second-order valence-electron chi connectivity index (χ2n) is 6.57. The first-order valence-corrected chi connectivity index (χ1v) is 9.12. The first-order valence-electron chi connectivity index (χ1n) is 9.12. The maximum atomic E-state index is 12.9. The molecule has 1 N–H and O–H groups in total. The summed E-state index contributed by atoms with van der Waals surface area (Å²) in [5.74, 6) is -0.636. The Bertz CT molecular complexity index is 878. The van der Waals surface area contributed by atoms with E-state index in [0.717, 1.165) is 21.8 Å². The zero-order valence-electron chi connectivity index (χ0n) is 16.1. The van der Waals surface area contributed by atoms with Crippen LogP contribution in [0.5, 0.6) is 0 Å². The van der Waals surface area contributed by atoms with Gasteiger partial charge in [-0.2, -0.15) is 0 Å². The number of amides is 2. The van der Waals surface area contributed by atoms with E-state index in [1.807, 2.05) is 48.6 Å². The summed E-state index contributed by atoms with van der Waals surface area (Å²) in [7, 11) is 2.95. The van der Waals surface area contributed by atoms with Gasteiger partial charge in [0.05, 0.1) is 20.3 Å². The molecule has 2 aromatic carbocycles. The van der Waals surface area contributed by atoms with Crippen LogP contribution < -0.4 is 5.32 Å². The van der Waals surface area contributed by atoms with Gasteiger partial charge < -0.3 is 10.1 Å². The van der Waals surface area contributed by atoms with Crippen LogP contribution in [-0.2, 0) is 27.4 Å². The summed E-state index contributed by atoms with van der Waals surface area (Å²) >= 11 is 0. The van der Waals surface area contributed by atoms with Crippen molar-refractivity contribution < 1.29 is 19.2 Å². The topological polar surface area (TPSA) is 67.9 Å². The molecule has 0 saturated heterocycles. The lowest BCUT2D eigenvalue weighted by Gasteiger charge is -2.23. The molecular formula is C22H24N2O4. The summed E-state index contributed by atoms with van der Waals surface area (Å²) in [6.45, 7) is 0.754. The molecule has 1 atom stereocenters. The van der Waals surface area contributed by atoms with Crippen LogP contribution in [0.2, 0.25) is 0 Å². The molecule has 0 aliphatic carbocycles. The average molecular weight is 380 g/mol. The van der Waals surface area contributed by atoms with E-state index >= 15 is 0 Å². The number of benzene rings is 2. The van der Waals surface area contributed by atoms with Gasteiger partial charge in [0.25, 0.3) is 11.8 Å². The Labute approximate surface area is 164 Å². The fourth-order valence-electron chi connectivity index (χ4n) is 3.09. The molecule has 1 heterocycles. The molecule has 1 aliphatic rings. The number of hydroxylamine groups is 2. The molecule has 0 radical (unpaired) electrons. The molecule has 6 heteroatoms. The number of carbonyl (C=O) groups excluding carboxylic acids is 2. The molecule has 1 aliphatic heterocycles. The number of hydrogen-bond donors (Lipinski definition) is 1. The van der Waals surface area contributed by atoms with E-state index < -0.39 is 6.04 Å². The van der Waals surface area contributed by atoms with Crippen molar-refractivity contribution in [3.05, 3.63) is 76.9 Å². The fraction of sp³-hybridized carbons (Fsp3) is 0.273. The van der Waals surface area contributed by atoms with Crippen LogP contribution in [0.15, 0.2) is 54.6 Å². The van der Waals surface area contributed by atoms with Crippen molar-refractivity contribution >= 4 is 17.9 Å². The second kappa shape index (κ2) is 9.30. The second-order valence-corrected chi connectivity index (χ2v) is 6.57. The smallest absolute Gasteiger partial charge is 0.268 e. The van der Waals surface area contributed by atoms with Gasteiger partial charge in [-0.15, -0.1) is 0 Å². The van der Waals surface area contributed by atoms with Crippen molar-refractivity contribution in [1.29, 1.82) is 0 Å². The number of likely N-dealkylation sites (N-methyl/N-ethyl adjacent to an activating group) is 1. The summed E-state index contributed by atoms with van der Waals surface area (Å²) in [6, 6.07) is 14.3. The molecule has 0 aromatic heterocycles. The minimum Gasteiger partial charge on any atom is -0.373 e. The van der Waals surface area contributed by atoms with Crippen molar-refractivity contribution in [1.82, 2.24) is 10.4 Å². The number of fused-ring (bicyclic) bond motifs is 3. The molecule has 3 rings (SSSR count).